The van der Waals surface area contributed by atoms with Gasteiger partial charge in [0.15, 0.2) is 5.82 Å². The second-order valence-electron chi connectivity index (χ2n) is 6.34. The number of nitrogens with zero attached hydrogens (tertiary/aromatic N) is 3. The first-order valence-corrected chi connectivity index (χ1v) is 8.10. The third-order valence-corrected chi connectivity index (χ3v) is 3.79. The molecule has 8 heteroatoms. The molecule has 2 aromatic rings. The predicted octanol–water partition coefficient (Wildman–Crippen LogP) is 2.73. The van der Waals surface area contributed by atoms with Crippen LogP contribution in [0.5, 0.6) is 0 Å². The minimum absolute atomic E-state index is 0.0104. The van der Waals surface area contributed by atoms with Crippen molar-refractivity contribution in [3.63, 3.8) is 0 Å². The SMILES string of the molecule is CCn1cnnc1-c1ccccc1NC(=O)NC(C)(C)CCC(=O)O. The number of benzene rings is 1. The van der Waals surface area contributed by atoms with Crippen LogP contribution in [0.4, 0.5) is 10.5 Å². The molecular formula is C17H23N5O3. The quantitative estimate of drug-likeness (QED) is 0.715. The number of hydrogen-bond donors (Lipinski definition) is 3. The number of rotatable bonds is 7. The van der Waals surface area contributed by atoms with Gasteiger partial charge in [0.1, 0.15) is 6.33 Å². The van der Waals surface area contributed by atoms with Crippen molar-refractivity contribution in [2.24, 2.45) is 0 Å². The lowest BCUT2D eigenvalue weighted by Gasteiger charge is -2.26. The molecule has 0 spiro atoms. The molecule has 0 aliphatic carbocycles. The summed E-state index contributed by atoms with van der Waals surface area (Å²) in [7, 11) is 0. The lowest BCUT2D eigenvalue weighted by molar-refractivity contribution is -0.137. The number of aryl methyl sites for hydroxylation is 1. The van der Waals surface area contributed by atoms with Gasteiger partial charge in [0.25, 0.3) is 0 Å². The number of nitrogens with one attached hydrogen (secondary N) is 2. The lowest BCUT2D eigenvalue weighted by Crippen LogP contribution is -2.45. The number of carbonyl (C=O) groups excluding carboxylic acids is 1. The number of para-hydroxylation sites is 1. The Morgan fingerprint density at radius 3 is 2.68 bits per heavy atom. The van der Waals surface area contributed by atoms with E-state index in [0.717, 1.165) is 5.56 Å². The molecule has 0 aliphatic rings. The Labute approximate surface area is 146 Å². The Bertz CT molecular complexity index is 754. The minimum atomic E-state index is -0.889. The van der Waals surface area contributed by atoms with Gasteiger partial charge in [-0.3, -0.25) is 4.79 Å². The van der Waals surface area contributed by atoms with Crippen LogP contribution in [-0.2, 0) is 11.3 Å². The maximum Gasteiger partial charge on any atom is 0.319 e. The number of aliphatic carboxylic acids is 1. The molecule has 2 amide bonds. The fourth-order valence-corrected chi connectivity index (χ4v) is 2.42. The summed E-state index contributed by atoms with van der Waals surface area (Å²) in [4.78, 5) is 23.1. The standard InChI is InChI=1S/C17H23N5O3/c1-4-22-11-18-21-15(22)12-7-5-6-8-13(12)19-16(25)20-17(2,3)10-9-14(23)24/h5-8,11H,4,9-10H2,1-3H3,(H,23,24)(H2,19,20,25). The van der Waals surface area contributed by atoms with Gasteiger partial charge in [0.2, 0.25) is 0 Å². The first kappa shape index (κ1) is 18.4. The van der Waals surface area contributed by atoms with Crippen LogP contribution in [-0.4, -0.2) is 37.4 Å². The van der Waals surface area contributed by atoms with Crippen LogP contribution in [0.2, 0.25) is 0 Å². The second kappa shape index (κ2) is 7.78. The van der Waals surface area contributed by atoms with E-state index in [2.05, 4.69) is 20.8 Å². The second-order valence-corrected chi connectivity index (χ2v) is 6.34. The van der Waals surface area contributed by atoms with Gasteiger partial charge >= 0.3 is 12.0 Å². The summed E-state index contributed by atoms with van der Waals surface area (Å²) < 4.78 is 1.88. The van der Waals surface area contributed by atoms with Crippen LogP contribution in [0.25, 0.3) is 11.4 Å². The van der Waals surface area contributed by atoms with Crippen molar-refractivity contribution in [1.82, 2.24) is 20.1 Å². The molecule has 25 heavy (non-hydrogen) atoms. The van der Waals surface area contributed by atoms with E-state index in [9.17, 15) is 9.59 Å². The summed E-state index contributed by atoms with van der Waals surface area (Å²) in [5.41, 5.74) is 0.734. The molecule has 0 aliphatic heterocycles. The van der Waals surface area contributed by atoms with Crippen molar-refractivity contribution in [1.29, 1.82) is 0 Å². The molecule has 8 nitrogen and oxygen atoms in total. The zero-order valence-electron chi connectivity index (χ0n) is 14.6. The van der Waals surface area contributed by atoms with Crippen LogP contribution >= 0.6 is 0 Å². The lowest BCUT2D eigenvalue weighted by atomic mass is 9.99. The summed E-state index contributed by atoms with van der Waals surface area (Å²) in [5.74, 6) is -0.219. The van der Waals surface area contributed by atoms with E-state index in [1.807, 2.05) is 29.7 Å². The zero-order chi connectivity index (χ0) is 18.4. The Balaban J connectivity index is 2.13. The highest BCUT2D eigenvalue weighted by Gasteiger charge is 2.22. The molecule has 1 aromatic heterocycles. The minimum Gasteiger partial charge on any atom is -0.481 e. The van der Waals surface area contributed by atoms with Crippen LogP contribution in [0, 0.1) is 0 Å². The van der Waals surface area contributed by atoms with Crippen molar-refractivity contribution in [3.8, 4) is 11.4 Å². The number of carboxylic acids is 1. The van der Waals surface area contributed by atoms with Gasteiger partial charge < -0.3 is 20.3 Å². The predicted molar refractivity (Wildman–Crippen MR) is 94.2 cm³/mol. The molecule has 0 unspecified atom stereocenters. The van der Waals surface area contributed by atoms with Gasteiger partial charge in [-0.15, -0.1) is 10.2 Å². The number of hydrogen-bond acceptors (Lipinski definition) is 4. The summed E-state index contributed by atoms with van der Waals surface area (Å²) in [6.45, 7) is 6.27. The van der Waals surface area contributed by atoms with E-state index >= 15 is 0 Å². The molecule has 0 radical (unpaired) electrons. The average Bonchev–Trinajstić information content (AvgIpc) is 3.01. The number of amides is 2. The molecule has 0 saturated carbocycles. The molecule has 134 valence electrons. The Hall–Kier alpha value is -2.90. The third kappa shape index (κ3) is 5.03. The van der Waals surface area contributed by atoms with Gasteiger partial charge in [0, 0.05) is 24.1 Å². The van der Waals surface area contributed by atoms with E-state index in [-0.39, 0.29) is 6.42 Å². The molecule has 0 bridgehead atoms. The van der Waals surface area contributed by atoms with E-state index in [1.165, 1.54) is 0 Å². The van der Waals surface area contributed by atoms with Crippen LogP contribution < -0.4 is 10.6 Å². The number of aromatic nitrogens is 3. The highest BCUT2D eigenvalue weighted by Crippen LogP contribution is 2.26. The van der Waals surface area contributed by atoms with E-state index < -0.39 is 17.5 Å². The van der Waals surface area contributed by atoms with Crippen LogP contribution in [0.1, 0.15) is 33.6 Å². The van der Waals surface area contributed by atoms with Crippen molar-refractivity contribution >= 4 is 17.7 Å². The maximum atomic E-state index is 12.3. The molecule has 1 heterocycles. The van der Waals surface area contributed by atoms with Gasteiger partial charge in [-0.05, 0) is 39.3 Å². The summed E-state index contributed by atoms with van der Waals surface area (Å²) >= 11 is 0. The van der Waals surface area contributed by atoms with Crippen LogP contribution in [0.3, 0.4) is 0 Å². The molecule has 3 N–H and O–H groups in total. The number of urea groups is 1. The van der Waals surface area contributed by atoms with Gasteiger partial charge in [-0.1, -0.05) is 12.1 Å². The smallest absolute Gasteiger partial charge is 0.319 e. The van der Waals surface area contributed by atoms with Gasteiger partial charge in [0.05, 0.1) is 5.69 Å². The normalized spacial score (nSPS) is 11.2. The van der Waals surface area contributed by atoms with Crippen molar-refractivity contribution in [2.45, 2.75) is 45.7 Å². The van der Waals surface area contributed by atoms with Crippen molar-refractivity contribution in [2.75, 3.05) is 5.32 Å². The molecule has 2 rings (SSSR count). The molecule has 0 fully saturated rings. The summed E-state index contributed by atoms with van der Waals surface area (Å²) in [6.07, 6.45) is 1.96. The highest BCUT2D eigenvalue weighted by molar-refractivity contribution is 5.94. The number of carboxylic acid groups (broad SMARTS) is 1. The fourth-order valence-electron chi connectivity index (χ4n) is 2.42. The Morgan fingerprint density at radius 2 is 2.00 bits per heavy atom. The Kier molecular flexibility index (Phi) is 5.74. The number of carbonyl (C=O) groups is 2. The van der Waals surface area contributed by atoms with Crippen molar-refractivity contribution < 1.29 is 14.7 Å². The summed E-state index contributed by atoms with van der Waals surface area (Å²) in [6, 6.07) is 6.94. The Morgan fingerprint density at radius 1 is 1.28 bits per heavy atom. The molecular weight excluding hydrogens is 322 g/mol. The monoisotopic (exact) mass is 345 g/mol. The summed E-state index contributed by atoms with van der Waals surface area (Å²) in [5, 5.41) is 22.5. The first-order chi connectivity index (χ1) is 11.8. The topological polar surface area (TPSA) is 109 Å². The van der Waals surface area contributed by atoms with E-state index in [4.69, 9.17) is 5.11 Å². The van der Waals surface area contributed by atoms with Crippen LogP contribution in [0.15, 0.2) is 30.6 Å². The largest absolute Gasteiger partial charge is 0.481 e. The van der Waals surface area contributed by atoms with E-state index in [0.29, 0.717) is 24.5 Å². The molecule has 0 saturated heterocycles. The third-order valence-electron chi connectivity index (χ3n) is 3.79. The maximum absolute atomic E-state index is 12.3. The van der Waals surface area contributed by atoms with Crippen molar-refractivity contribution in [3.05, 3.63) is 30.6 Å². The molecule has 1 aromatic carbocycles. The molecule has 0 atom stereocenters. The first-order valence-electron chi connectivity index (χ1n) is 8.10. The fraction of sp³-hybridized carbons (Fsp3) is 0.412. The van der Waals surface area contributed by atoms with Gasteiger partial charge in [-0.25, -0.2) is 4.79 Å². The zero-order valence-corrected chi connectivity index (χ0v) is 14.6. The average molecular weight is 345 g/mol. The van der Waals surface area contributed by atoms with E-state index in [1.54, 1.807) is 26.2 Å². The van der Waals surface area contributed by atoms with Gasteiger partial charge in [-0.2, -0.15) is 0 Å². The number of anilines is 1. The highest BCUT2D eigenvalue weighted by atomic mass is 16.4.